The van der Waals surface area contributed by atoms with Crippen molar-refractivity contribution in [1.82, 2.24) is 15.3 Å². The van der Waals surface area contributed by atoms with Gasteiger partial charge in [0.2, 0.25) is 17.8 Å². The minimum Gasteiger partial charge on any atom is -0.344 e. The molecule has 1 atom stereocenters. The largest absolute Gasteiger partial charge is 0.344 e. The molecule has 0 aliphatic carbocycles. The lowest BCUT2D eigenvalue weighted by Gasteiger charge is -2.21. The van der Waals surface area contributed by atoms with Crippen LogP contribution in [0.3, 0.4) is 0 Å². The van der Waals surface area contributed by atoms with Gasteiger partial charge >= 0.3 is 0 Å². The molecule has 3 N–H and O–H groups in total. The minimum atomic E-state index is -0.687. The topological polar surface area (TPSA) is 86.9 Å². The second kappa shape index (κ2) is 8.22. The molecular formula is C20H21ClN4O2. The van der Waals surface area contributed by atoms with E-state index in [0.717, 1.165) is 16.6 Å². The number of H-pyrrole nitrogens is 1. The molecule has 3 aromatic rings. The summed E-state index contributed by atoms with van der Waals surface area (Å²) in [4.78, 5) is 32.5. The van der Waals surface area contributed by atoms with Crippen molar-refractivity contribution in [3.63, 3.8) is 0 Å². The third kappa shape index (κ3) is 4.65. The maximum atomic E-state index is 12.7. The van der Waals surface area contributed by atoms with Crippen LogP contribution in [0.5, 0.6) is 0 Å². The third-order valence-corrected chi connectivity index (χ3v) is 4.57. The fraction of sp³-hybridized carbons (Fsp3) is 0.250. The predicted octanol–water partition coefficient (Wildman–Crippen LogP) is 3.54. The summed E-state index contributed by atoms with van der Waals surface area (Å²) in [6, 6.07) is 14.0. The Balaban J connectivity index is 1.68. The van der Waals surface area contributed by atoms with Gasteiger partial charge in [-0.25, -0.2) is 4.98 Å². The van der Waals surface area contributed by atoms with E-state index in [4.69, 9.17) is 11.6 Å². The number of halogens is 1. The molecule has 2 amide bonds. The van der Waals surface area contributed by atoms with Gasteiger partial charge in [0.15, 0.2) is 0 Å². The number of fused-ring (bicyclic) bond motifs is 1. The Kier molecular flexibility index (Phi) is 5.76. The van der Waals surface area contributed by atoms with Gasteiger partial charge in [0.05, 0.1) is 17.5 Å². The number of amides is 2. The summed E-state index contributed by atoms with van der Waals surface area (Å²) >= 11 is 6.10. The van der Waals surface area contributed by atoms with Gasteiger partial charge < -0.3 is 10.3 Å². The fourth-order valence-electron chi connectivity index (χ4n) is 2.78. The van der Waals surface area contributed by atoms with Gasteiger partial charge in [-0.1, -0.05) is 55.8 Å². The van der Waals surface area contributed by atoms with Crippen molar-refractivity contribution < 1.29 is 9.59 Å². The van der Waals surface area contributed by atoms with Gasteiger partial charge in [0.1, 0.15) is 6.04 Å². The van der Waals surface area contributed by atoms with E-state index in [0.29, 0.717) is 11.0 Å². The molecule has 0 saturated heterocycles. The van der Waals surface area contributed by atoms with Gasteiger partial charge in [-0.2, -0.15) is 0 Å². The molecule has 1 heterocycles. The van der Waals surface area contributed by atoms with Crippen molar-refractivity contribution in [2.24, 2.45) is 5.92 Å². The van der Waals surface area contributed by atoms with Crippen LogP contribution in [-0.2, 0) is 16.0 Å². The molecule has 0 unspecified atom stereocenters. The van der Waals surface area contributed by atoms with Crippen molar-refractivity contribution in [2.75, 3.05) is 5.32 Å². The van der Waals surface area contributed by atoms with Crippen LogP contribution in [0.1, 0.15) is 19.4 Å². The van der Waals surface area contributed by atoms with Gasteiger partial charge in [-0.3, -0.25) is 14.9 Å². The lowest BCUT2D eigenvalue weighted by atomic mass is 10.0. The summed E-state index contributed by atoms with van der Waals surface area (Å²) in [6.45, 7) is 3.75. The summed E-state index contributed by atoms with van der Waals surface area (Å²) < 4.78 is 0. The number of nitrogens with one attached hydrogen (secondary N) is 3. The van der Waals surface area contributed by atoms with E-state index in [-0.39, 0.29) is 24.2 Å². The first kappa shape index (κ1) is 18.9. The number of para-hydroxylation sites is 2. The lowest BCUT2D eigenvalue weighted by Crippen LogP contribution is -2.47. The molecule has 1 aromatic heterocycles. The van der Waals surface area contributed by atoms with E-state index < -0.39 is 6.04 Å². The zero-order valence-corrected chi connectivity index (χ0v) is 15.9. The Morgan fingerprint density at radius 3 is 2.52 bits per heavy atom. The lowest BCUT2D eigenvalue weighted by molar-refractivity contribution is -0.127. The molecule has 0 fully saturated rings. The van der Waals surface area contributed by atoms with Crippen LogP contribution in [0.25, 0.3) is 11.0 Å². The number of aromatic nitrogens is 2. The van der Waals surface area contributed by atoms with Crippen molar-refractivity contribution in [3.8, 4) is 0 Å². The van der Waals surface area contributed by atoms with E-state index in [1.54, 1.807) is 18.2 Å². The van der Waals surface area contributed by atoms with Crippen molar-refractivity contribution in [2.45, 2.75) is 26.3 Å². The highest BCUT2D eigenvalue weighted by Crippen LogP contribution is 2.16. The average Bonchev–Trinajstić information content (AvgIpc) is 3.03. The smallest absolute Gasteiger partial charge is 0.249 e. The average molecular weight is 385 g/mol. The molecule has 2 aromatic carbocycles. The standard InChI is InChI=1S/C20H21ClN4O2/c1-12(2)18(24-17(26)11-13-7-3-4-8-14(13)21)19(27)25-20-22-15-9-5-6-10-16(15)23-20/h3-10,12,18H,11H2,1-2H3,(H,24,26)(H2,22,23,25,27)/t18-/m1/s1. The first-order valence-corrected chi connectivity index (χ1v) is 9.10. The molecule has 140 valence electrons. The highest BCUT2D eigenvalue weighted by atomic mass is 35.5. The van der Waals surface area contributed by atoms with E-state index in [2.05, 4.69) is 20.6 Å². The van der Waals surface area contributed by atoms with Gasteiger partial charge in [0, 0.05) is 5.02 Å². The number of hydrogen-bond donors (Lipinski definition) is 3. The highest BCUT2D eigenvalue weighted by molar-refractivity contribution is 6.31. The van der Waals surface area contributed by atoms with Crippen molar-refractivity contribution in [3.05, 3.63) is 59.1 Å². The van der Waals surface area contributed by atoms with Crippen molar-refractivity contribution >= 4 is 40.4 Å². The number of imidazole rings is 1. The van der Waals surface area contributed by atoms with E-state index >= 15 is 0 Å². The SMILES string of the molecule is CC(C)[C@@H](NC(=O)Cc1ccccc1Cl)C(=O)Nc1nc2ccccc2[nH]1. The molecule has 6 nitrogen and oxygen atoms in total. The molecule has 0 saturated carbocycles. The second-order valence-corrected chi connectivity index (χ2v) is 7.06. The molecule has 27 heavy (non-hydrogen) atoms. The van der Waals surface area contributed by atoms with Gasteiger partial charge in [-0.15, -0.1) is 0 Å². The molecule has 0 aliphatic rings. The molecule has 3 rings (SSSR count). The highest BCUT2D eigenvalue weighted by Gasteiger charge is 2.25. The van der Waals surface area contributed by atoms with Crippen LogP contribution in [0.4, 0.5) is 5.95 Å². The second-order valence-electron chi connectivity index (χ2n) is 6.65. The normalized spacial score (nSPS) is 12.1. The van der Waals surface area contributed by atoms with Crippen LogP contribution in [-0.4, -0.2) is 27.8 Å². The Labute approximate surface area is 162 Å². The number of carbonyl (C=O) groups excluding carboxylic acids is 2. The maximum absolute atomic E-state index is 12.7. The van der Waals surface area contributed by atoms with Crippen LogP contribution in [0.15, 0.2) is 48.5 Å². The summed E-state index contributed by atoms with van der Waals surface area (Å²) in [6.07, 6.45) is 0.112. The number of rotatable bonds is 6. The quantitative estimate of drug-likeness (QED) is 0.607. The van der Waals surface area contributed by atoms with Crippen LogP contribution >= 0.6 is 11.6 Å². The van der Waals surface area contributed by atoms with Crippen LogP contribution < -0.4 is 10.6 Å². The number of anilines is 1. The summed E-state index contributed by atoms with van der Waals surface area (Å²) in [5.74, 6) is -0.324. The van der Waals surface area contributed by atoms with Crippen LogP contribution in [0, 0.1) is 5.92 Å². The zero-order chi connectivity index (χ0) is 19.4. The van der Waals surface area contributed by atoms with Gasteiger partial charge in [0.25, 0.3) is 0 Å². The van der Waals surface area contributed by atoms with E-state index in [1.165, 1.54) is 0 Å². The predicted molar refractivity (Wildman–Crippen MR) is 107 cm³/mol. The Hall–Kier alpha value is -2.86. The number of hydrogen-bond acceptors (Lipinski definition) is 3. The molecule has 0 aliphatic heterocycles. The van der Waals surface area contributed by atoms with E-state index in [1.807, 2.05) is 44.2 Å². The first-order chi connectivity index (χ1) is 12.9. The Morgan fingerprint density at radius 2 is 1.81 bits per heavy atom. The first-order valence-electron chi connectivity index (χ1n) is 8.72. The Morgan fingerprint density at radius 1 is 1.11 bits per heavy atom. The molecule has 7 heteroatoms. The summed E-state index contributed by atoms with van der Waals surface area (Å²) in [5, 5.41) is 6.07. The monoisotopic (exact) mass is 384 g/mol. The summed E-state index contributed by atoms with van der Waals surface area (Å²) in [5.41, 5.74) is 2.31. The van der Waals surface area contributed by atoms with E-state index in [9.17, 15) is 9.59 Å². The molecule has 0 spiro atoms. The maximum Gasteiger partial charge on any atom is 0.249 e. The molecular weight excluding hydrogens is 364 g/mol. The molecule has 0 radical (unpaired) electrons. The van der Waals surface area contributed by atoms with Crippen molar-refractivity contribution in [1.29, 1.82) is 0 Å². The fourth-order valence-corrected chi connectivity index (χ4v) is 2.98. The minimum absolute atomic E-state index is 0.0930. The van der Waals surface area contributed by atoms with Gasteiger partial charge in [-0.05, 0) is 29.7 Å². The third-order valence-electron chi connectivity index (χ3n) is 4.21. The number of nitrogens with zero attached hydrogens (tertiary/aromatic N) is 1. The van der Waals surface area contributed by atoms with Crippen LogP contribution in [0.2, 0.25) is 5.02 Å². The number of benzene rings is 2. The molecule has 0 bridgehead atoms. The number of aromatic amines is 1. The Bertz CT molecular complexity index is 934. The number of carbonyl (C=O) groups is 2. The summed E-state index contributed by atoms with van der Waals surface area (Å²) in [7, 11) is 0. The zero-order valence-electron chi connectivity index (χ0n) is 15.1.